The lowest BCUT2D eigenvalue weighted by atomic mass is 10.1. The van der Waals surface area contributed by atoms with Crippen molar-refractivity contribution in [2.45, 2.75) is 26.4 Å². The summed E-state index contributed by atoms with van der Waals surface area (Å²) in [4.78, 5) is 29.6. The Balaban J connectivity index is 1.59. The fraction of sp³-hybridized carbons (Fsp3) is 0.571. The first-order valence-electron chi connectivity index (χ1n) is 10.5. The van der Waals surface area contributed by atoms with E-state index in [1.54, 1.807) is 17.0 Å². The van der Waals surface area contributed by atoms with E-state index in [0.717, 1.165) is 11.4 Å². The maximum absolute atomic E-state index is 14.9. The van der Waals surface area contributed by atoms with Crippen molar-refractivity contribution < 1.29 is 23.5 Å². The Kier molecular flexibility index (Phi) is 7.53. The predicted molar refractivity (Wildman–Crippen MR) is 120 cm³/mol. The van der Waals surface area contributed by atoms with Crippen LogP contribution in [0.2, 0.25) is 0 Å². The molecule has 2 fully saturated rings. The highest BCUT2D eigenvalue weighted by atomic mass is 32.1. The lowest BCUT2D eigenvalue weighted by Crippen LogP contribution is -2.49. The van der Waals surface area contributed by atoms with Crippen LogP contribution in [-0.2, 0) is 9.47 Å². The summed E-state index contributed by atoms with van der Waals surface area (Å²) in [6.45, 7) is 6.78. The number of nitrogens with zero attached hydrogens (tertiary/aromatic N) is 3. The van der Waals surface area contributed by atoms with E-state index in [4.69, 9.17) is 21.7 Å². The molecule has 170 valence electrons. The number of piperazine rings is 1. The second-order valence-corrected chi connectivity index (χ2v) is 8.19. The molecule has 1 aromatic carbocycles. The summed E-state index contributed by atoms with van der Waals surface area (Å²) < 4.78 is 25.0. The highest BCUT2D eigenvalue weighted by Crippen LogP contribution is 2.28. The summed E-state index contributed by atoms with van der Waals surface area (Å²) in [5, 5.41) is 3.16. The monoisotopic (exact) mass is 452 g/mol. The smallest absolute Gasteiger partial charge is 0.414 e. The van der Waals surface area contributed by atoms with Crippen LogP contribution in [0.15, 0.2) is 18.2 Å². The zero-order valence-corrected chi connectivity index (χ0v) is 18.9. The first-order chi connectivity index (χ1) is 14.8. The van der Waals surface area contributed by atoms with Gasteiger partial charge in [0.2, 0.25) is 0 Å². The third-order valence-corrected chi connectivity index (χ3v) is 6.28. The largest absolute Gasteiger partial charge is 0.453 e. The van der Waals surface area contributed by atoms with Crippen LogP contribution in [0, 0.1) is 11.7 Å². The van der Waals surface area contributed by atoms with Gasteiger partial charge in [0.05, 0.1) is 36.6 Å². The fourth-order valence-corrected chi connectivity index (χ4v) is 3.84. The third kappa shape index (κ3) is 5.36. The van der Waals surface area contributed by atoms with Gasteiger partial charge in [-0.15, -0.1) is 0 Å². The number of cyclic esters (lactones) is 1. The standard InChI is InChI=1S/C21H29FN4O4S/c1-4-14(2)19(31)23-12-16-13-26(21(28)30-16)15-5-6-18(17(22)11-15)24-7-9-25(10-8-24)20(27)29-3/h5-6,11,14,16H,4,7-10,12-13H2,1-3H3,(H,23,31)/t14?,16-/m0/s1. The van der Waals surface area contributed by atoms with Crippen molar-refractivity contribution in [3.63, 3.8) is 0 Å². The molecule has 0 spiro atoms. The van der Waals surface area contributed by atoms with Crippen molar-refractivity contribution >= 4 is 40.8 Å². The summed E-state index contributed by atoms with van der Waals surface area (Å²) in [7, 11) is 1.34. The minimum absolute atomic E-state index is 0.263. The number of nitrogens with one attached hydrogen (secondary N) is 1. The predicted octanol–water partition coefficient (Wildman–Crippen LogP) is 3.00. The Morgan fingerprint density at radius 2 is 2.06 bits per heavy atom. The van der Waals surface area contributed by atoms with Crippen LogP contribution in [0.25, 0.3) is 0 Å². The van der Waals surface area contributed by atoms with E-state index < -0.39 is 11.9 Å². The van der Waals surface area contributed by atoms with Crippen molar-refractivity contribution in [1.29, 1.82) is 0 Å². The second kappa shape index (κ2) is 10.1. The molecular formula is C21H29FN4O4S. The fourth-order valence-electron chi connectivity index (χ4n) is 3.59. The molecule has 2 amide bonds. The van der Waals surface area contributed by atoms with Gasteiger partial charge in [-0.25, -0.2) is 14.0 Å². The van der Waals surface area contributed by atoms with Gasteiger partial charge in [-0.2, -0.15) is 0 Å². The van der Waals surface area contributed by atoms with Crippen LogP contribution < -0.4 is 15.1 Å². The van der Waals surface area contributed by atoms with Gasteiger partial charge < -0.3 is 24.6 Å². The van der Waals surface area contributed by atoms with E-state index in [2.05, 4.69) is 12.2 Å². The molecule has 31 heavy (non-hydrogen) atoms. The molecule has 2 heterocycles. The number of carbonyl (C=O) groups is 2. The number of halogens is 1. The van der Waals surface area contributed by atoms with Crippen molar-refractivity contribution in [3.8, 4) is 0 Å². The lowest BCUT2D eigenvalue weighted by Gasteiger charge is -2.35. The highest BCUT2D eigenvalue weighted by molar-refractivity contribution is 7.80. The van der Waals surface area contributed by atoms with E-state index in [-0.39, 0.29) is 18.1 Å². The topological polar surface area (TPSA) is 74.4 Å². The minimum atomic E-state index is -0.500. The number of thiocarbonyl (C=S) groups is 1. The molecule has 0 saturated carbocycles. The number of hydrogen-bond acceptors (Lipinski definition) is 6. The second-order valence-electron chi connectivity index (χ2n) is 7.75. The lowest BCUT2D eigenvalue weighted by molar-refractivity contribution is 0.121. The summed E-state index contributed by atoms with van der Waals surface area (Å²) in [6, 6.07) is 4.73. The zero-order chi connectivity index (χ0) is 22.5. The van der Waals surface area contributed by atoms with Gasteiger partial charge in [-0.1, -0.05) is 26.1 Å². The number of hydrogen-bond donors (Lipinski definition) is 1. The van der Waals surface area contributed by atoms with Crippen LogP contribution in [0.3, 0.4) is 0 Å². The zero-order valence-electron chi connectivity index (χ0n) is 18.1. The molecule has 2 saturated heterocycles. The van der Waals surface area contributed by atoms with Crippen molar-refractivity contribution in [1.82, 2.24) is 10.2 Å². The first-order valence-corrected chi connectivity index (χ1v) is 10.9. The number of rotatable bonds is 6. The Morgan fingerprint density at radius 1 is 1.35 bits per heavy atom. The molecule has 2 aliphatic heterocycles. The summed E-state index contributed by atoms with van der Waals surface area (Å²) in [6.07, 6.45) is -0.299. The van der Waals surface area contributed by atoms with Gasteiger partial charge in [0, 0.05) is 32.1 Å². The summed E-state index contributed by atoms with van der Waals surface area (Å²) in [5.41, 5.74) is 0.893. The molecule has 1 N–H and O–H groups in total. The molecule has 2 atom stereocenters. The van der Waals surface area contributed by atoms with Gasteiger partial charge in [-0.3, -0.25) is 4.90 Å². The molecule has 2 aliphatic rings. The maximum Gasteiger partial charge on any atom is 0.414 e. The Morgan fingerprint density at radius 3 is 2.68 bits per heavy atom. The average Bonchev–Trinajstić information content (AvgIpc) is 3.16. The number of anilines is 2. The van der Waals surface area contributed by atoms with Gasteiger partial charge >= 0.3 is 12.2 Å². The maximum atomic E-state index is 14.9. The number of amides is 2. The SMILES string of the molecule is CCC(C)C(=S)NC[C@H]1CN(c2ccc(N3CCN(C(=O)OC)CC3)c(F)c2)C(=O)O1. The molecule has 1 aromatic rings. The van der Waals surface area contributed by atoms with Gasteiger partial charge in [0.15, 0.2) is 0 Å². The van der Waals surface area contributed by atoms with E-state index in [9.17, 15) is 14.0 Å². The van der Waals surface area contributed by atoms with E-state index in [1.807, 2.05) is 11.8 Å². The van der Waals surface area contributed by atoms with Gasteiger partial charge in [0.1, 0.15) is 11.9 Å². The van der Waals surface area contributed by atoms with Crippen molar-refractivity contribution in [3.05, 3.63) is 24.0 Å². The van der Waals surface area contributed by atoms with Crippen molar-refractivity contribution in [2.24, 2.45) is 5.92 Å². The Hall–Kier alpha value is -2.62. The third-order valence-electron chi connectivity index (χ3n) is 5.73. The molecular weight excluding hydrogens is 423 g/mol. The highest BCUT2D eigenvalue weighted by Gasteiger charge is 2.33. The van der Waals surface area contributed by atoms with Crippen molar-refractivity contribution in [2.75, 3.05) is 56.2 Å². The summed E-state index contributed by atoms with van der Waals surface area (Å²) >= 11 is 5.34. The molecule has 3 rings (SSSR count). The molecule has 10 heteroatoms. The van der Waals surface area contributed by atoms with Crippen LogP contribution in [0.1, 0.15) is 20.3 Å². The molecule has 0 aliphatic carbocycles. The van der Waals surface area contributed by atoms with Gasteiger partial charge in [0.25, 0.3) is 0 Å². The normalized spacial score (nSPS) is 19.8. The molecule has 8 nitrogen and oxygen atoms in total. The van der Waals surface area contributed by atoms with E-state index >= 15 is 0 Å². The van der Waals surface area contributed by atoms with E-state index in [0.29, 0.717) is 50.6 Å². The molecule has 0 bridgehead atoms. The van der Waals surface area contributed by atoms with Crippen LogP contribution >= 0.6 is 12.2 Å². The number of benzene rings is 1. The minimum Gasteiger partial charge on any atom is -0.453 e. The molecule has 0 aromatic heterocycles. The van der Waals surface area contributed by atoms with E-state index in [1.165, 1.54) is 18.1 Å². The summed E-state index contributed by atoms with van der Waals surface area (Å²) in [5.74, 6) is -0.157. The Bertz CT molecular complexity index is 832. The van der Waals surface area contributed by atoms with Gasteiger partial charge in [-0.05, 0) is 24.6 Å². The number of methoxy groups -OCH3 is 1. The number of ether oxygens (including phenoxy) is 2. The molecule has 0 radical (unpaired) electrons. The first kappa shape index (κ1) is 23.1. The van der Waals surface area contributed by atoms with Crippen LogP contribution in [0.4, 0.5) is 25.4 Å². The quantitative estimate of drug-likeness (QED) is 0.665. The molecule has 1 unspecified atom stereocenters. The Labute approximate surface area is 187 Å². The number of carbonyl (C=O) groups excluding carboxylic acids is 2. The van der Waals surface area contributed by atoms with Crippen LogP contribution in [0.5, 0.6) is 0 Å². The average molecular weight is 453 g/mol. The van der Waals surface area contributed by atoms with Crippen LogP contribution in [-0.4, -0.2) is 74.6 Å².